The quantitative estimate of drug-likeness (QED) is 0.921. The molecule has 1 aromatic carbocycles. The number of ether oxygens (including phenoxy) is 1. The average molecular weight is 300 g/mol. The van der Waals surface area contributed by atoms with Crippen LogP contribution in [0.4, 0.5) is 0 Å². The number of benzene rings is 1. The maximum Gasteiger partial charge on any atom is 0.120 e. The highest BCUT2D eigenvalue weighted by atomic mass is 79.9. The monoisotopic (exact) mass is 299 g/mol. The van der Waals surface area contributed by atoms with Gasteiger partial charge in [-0.1, -0.05) is 36.7 Å². The molecule has 1 unspecified atom stereocenters. The number of halogens is 1. The summed E-state index contributed by atoms with van der Waals surface area (Å²) in [5.74, 6) is 0.897. The molecule has 0 aliphatic heterocycles. The van der Waals surface area contributed by atoms with Crippen LogP contribution in [-0.4, -0.2) is 12.6 Å². The van der Waals surface area contributed by atoms with Crippen molar-refractivity contribution in [3.8, 4) is 5.75 Å². The zero-order valence-corrected chi connectivity index (χ0v) is 12.9. The van der Waals surface area contributed by atoms with E-state index in [1.165, 1.54) is 11.1 Å². The molecule has 0 heterocycles. The highest BCUT2D eigenvalue weighted by molar-refractivity contribution is 9.10. The van der Waals surface area contributed by atoms with Gasteiger partial charge in [-0.2, -0.15) is 0 Å². The van der Waals surface area contributed by atoms with E-state index in [-0.39, 0.29) is 11.5 Å². The smallest absolute Gasteiger partial charge is 0.120 e. The molecule has 0 saturated heterocycles. The molecule has 0 aliphatic rings. The molecule has 1 aromatic rings. The van der Waals surface area contributed by atoms with Crippen molar-refractivity contribution < 1.29 is 4.74 Å². The van der Waals surface area contributed by atoms with Gasteiger partial charge >= 0.3 is 0 Å². The summed E-state index contributed by atoms with van der Waals surface area (Å²) in [6, 6.07) is 4.09. The molecule has 3 heteroatoms. The Kier molecular flexibility index (Phi) is 4.62. The van der Waals surface area contributed by atoms with Gasteiger partial charge in [0.1, 0.15) is 11.9 Å². The van der Waals surface area contributed by atoms with Gasteiger partial charge in [0.25, 0.3) is 0 Å². The third-order valence-corrected chi connectivity index (χ3v) is 4.12. The topological polar surface area (TPSA) is 35.2 Å². The minimum atomic E-state index is 0.0301. The summed E-state index contributed by atoms with van der Waals surface area (Å²) in [5, 5.41) is 0. The molecule has 0 saturated carbocycles. The SMILES string of the molecule is Cc1cc(OC(CN)C(C)(C)C)cc(C)c1Br. The Bertz CT molecular complexity index is 373. The lowest BCUT2D eigenvalue weighted by Gasteiger charge is -2.30. The number of hydrogen-bond donors (Lipinski definition) is 1. The number of aryl methyl sites for hydroxylation is 2. The van der Waals surface area contributed by atoms with Crippen LogP contribution in [-0.2, 0) is 0 Å². The van der Waals surface area contributed by atoms with Crippen LogP contribution in [0.5, 0.6) is 5.75 Å². The molecule has 0 spiro atoms. The predicted octanol–water partition coefficient (Wildman–Crippen LogP) is 3.82. The van der Waals surface area contributed by atoms with Gasteiger partial charge in [0, 0.05) is 16.4 Å². The highest BCUT2D eigenvalue weighted by Gasteiger charge is 2.25. The Labute approximate surface area is 113 Å². The molecule has 0 bridgehead atoms. The van der Waals surface area contributed by atoms with Crippen LogP contribution < -0.4 is 10.5 Å². The zero-order chi connectivity index (χ0) is 13.2. The van der Waals surface area contributed by atoms with E-state index in [4.69, 9.17) is 10.5 Å². The maximum absolute atomic E-state index is 6.00. The van der Waals surface area contributed by atoms with Gasteiger partial charge in [0.2, 0.25) is 0 Å². The Hall–Kier alpha value is -0.540. The van der Waals surface area contributed by atoms with Crippen LogP contribution in [0, 0.1) is 19.3 Å². The second-order valence-electron chi connectivity index (χ2n) is 5.58. The lowest BCUT2D eigenvalue weighted by Crippen LogP contribution is -2.38. The molecule has 2 nitrogen and oxygen atoms in total. The molecule has 0 aliphatic carbocycles. The summed E-state index contributed by atoms with van der Waals surface area (Å²) in [5.41, 5.74) is 8.19. The van der Waals surface area contributed by atoms with E-state index in [1.54, 1.807) is 0 Å². The second kappa shape index (κ2) is 5.40. The standard InChI is InChI=1S/C14H22BrNO/c1-9-6-11(7-10(2)13(9)15)17-12(8-16)14(3,4)5/h6-7,12H,8,16H2,1-5H3. The van der Waals surface area contributed by atoms with Gasteiger partial charge in [-0.25, -0.2) is 0 Å². The van der Waals surface area contributed by atoms with Crippen molar-refractivity contribution in [2.45, 2.75) is 40.7 Å². The zero-order valence-electron chi connectivity index (χ0n) is 11.3. The molecule has 0 aromatic heterocycles. The summed E-state index contributed by atoms with van der Waals surface area (Å²) < 4.78 is 7.14. The molecule has 1 rings (SSSR count). The normalized spacial score (nSPS) is 13.6. The fraction of sp³-hybridized carbons (Fsp3) is 0.571. The first-order valence-electron chi connectivity index (χ1n) is 5.89. The van der Waals surface area contributed by atoms with Gasteiger partial charge in [-0.15, -0.1) is 0 Å². The first kappa shape index (κ1) is 14.5. The average Bonchev–Trinajstić information content (AvgIpc) is 2.20. The van der Waals surface area contributed by atoms with Crippen LogP contribution >= 0.6 is 15.9 Å². The van der Waals surface area contributed by atoms with Gasteiger partial charge < -0.3 is 10.5 Å². The van der Waals surface area contributed by atoms with Gasteiger partial charge in [0.05, 0.1) is 0 Å². The molecule has 96 valence electrons. The highest BCUT2D eigenvalue weighted by Crippen LogP contribution is 2.29. The maximum atomic E-state index is 6.00. The van der Waals surface area contributed by atoms with Crippen LogP contribution in [0.2, 0.25) is 0 Å². The first-order valence-corrected chi connectivity index (χ1v) is 6.68. The third-order valence-electron chi connectivity index (χ3n) is 2.87. The van der Waals surface area contributed by atoms with Crippen LogP contribution in [0.1, 0.15) is 31.9 Å². The summed E-state index contributed by atoms with van der Waals surface area (Å²) >= 11 is 3.56. The molecule has 0 fully saturated rings. The van der Waals surface area contributed by atoms with Crippen LogP contribution in [0.25, 0.3) is 0 Å². The van der Waals surface area contributed by atoms with Gasteiger partial charge in [-0.3, -0.25) is 0 Å². The second-order valence-corrected chi connectivity index (χ2v) is 6.37. The molecule has 0 amide bonds. The van der Waals surface area contributed by atoms with Crippen molar-refractivity contribution in [1.29, 1.82) is 0 Å². The number of hydrogen-bond acceptors (Lipinski definition) is 2. The van der Waals surface area contributed by atoms with Crippen molar-refractivity contribution in [1.82, 2.24) is 0 Å². The minimum Gasteiger partial charge on any atom is -0.489 e. The van der Waals surface area contributed by atoms with Crippen molar-refractivity contribution in [3.05, 3.63) is 27.7 Å². The van der Waals surface area contributed by atoms with Crippen LogP contribution in [0.15, 0.2) is 16.6 Å². The van der Waals surface area contributed by atoms with Gasteiger partial charge in [0.15, 0.2) is 0 Å². The molecule has 1 atom stereocenters. The Morgan fingerprint density at radius 2 is 1.71 bits per heavy atom. The summed E-state index contributed by atoms with van der Waals surface area (Å²) in [6.45, 7) is 11.1. The first-order chi connectivity index (χ1) is 7.75. The number of nitrogens with two attached hydrogens (primary N) is 1. The van der Waals surface area contributed by atoms with Crippen molar-refractivity contribution in [3.63, 3.8) is 0 Å². The summed E-state index contributed by atoms with van der Waals surface area (Å²) in [6.07, 6.45) is 0.0301. The number of rotatable bonds is 3. The van der Waals surface area contributed by atoms with E-state index in [1.807, 2.05) is 12.1 Å². The Morgan fingerprint density at radius 3 is 2.06 bits per heavy atom. The summed E-state index contributed by atoms with van der Waals surface area (Å²) in [4.78, 5) is 0. The van der Waals surface area contributed by atoms with Crippen molar-refractivity contribution in [2.24, 2.45) is 11.1 Å². The van der Waals surface area contributed by atoms with E-state index in [9.17, 15) is 0 Å². The van der Waals surface area contributed by atoms with E-state index < -0.39 is 0 Å². The minimum absolute atomic E-state index is 0.0301. The third kappa shape index (κ3) is 3.71. The van der Waals surface area contributed by atoms with E-state index in [2.05, 4.69) is 50.5 Å². The Morgan fingerprint density at radius 1 is 1.24 bits per heavy atom. The lowest BCUT2D eigenvalue weighted by molar-refractivity contribution is 0.0940. The molecule has 17 heavy (non-hydrogen) atoms. The summed E-state index contributed by atoms with van der Waals surface area (Å²) in [7, 11) is 0. The van der Waals surface area contributed by atoms with Crippen LogP contribution in [0.3, 0.4) is 0 Å². The molecule has 2 N–H and O–H groups in total. The predicted molar refractivity (Wildman–Crippen MR) is 76.5 cm³/mol. The lowest BCUT2D eigenvalue weighted by atomic mass is 9.89. The fourth-order valence-corrected chi connectivity index (χ4v) is 1.95. The largest absolute Gasteiger partial charge is 0.489 e. The van der Waals surface area contributed by atoms with E-state index in [0.717, 1.165) is 10.2 Å². The molecular formula is C14H22BrNO. The van der Waals surface area contributed by atoms with E-state index >= 15 is 0 Å². The van der Waals surface area contributed by atoms with Crippen molar-refractivity contribution in [2.75, 3.05) is 6.54 Å². The fourth-order valence-electron chi connectivity index (χ4n) is 1.72. The molecular weight excluding hydrogens is 278 g/mol. The van der Waals surface area contributed by atoms with Crippen molar-refractivity contribution >= 4 is 15.9 Å². The molecule has 0 radical (unpaired) electrons. The Balaban J connectivity index is 2.95. The van der Waals surface area contributed by atoms with E-state index in [0.29, 0.717) is 6.54 Å². The van der Waals surface area contributed by atoms with Gasteiger partial charge in [-0.05, 0) is 37.1 Å².